The zero-order chi connectivity index (χ0) is 17.1. The van der Waals surface area contributed by atoms with E-state index in [2.05, 4.69) is 16.4 Å². The average molecular weight is 320 g/mol. The molecule has 0 saturated carbocycles. The van der Waals surface area contributed by atoms with E-state index in [1.165, 1.54) is 12.3 Å². The number of nitriles is 1. The lowest BCUT2D eigenvalue weighted by atomic mass is 10.1. The molecule has 0 aliphatic rings. The lowest BCUT2D eigenvalue weighted by Crippen LogP contribution is -1.99. The molecule has 1 N–H and O–H groups in total. The number of hydrogen-bond acceptors (Lipinski definition) is 6. The second-order valence-corrected chi connectivity index (χ2v) is 4.95. The molecule has 7 nitrogen and oxygen atoms in total. The third kappa shape index (κ3) is 2.68. The molecule has 0 radical (unpaired) electrons. The second kappa shape index (κ2) is 6.22. The summed E-state index contributed by atoms with van der Waals surface area (Å²) in [5, 5.41) is 24.2. The molecule has 0 atom stereocenters. The molecular weight excluding hydrogens is 308 g/mol. The molecule has 0 unspecified atom stereocenters. The van der Waals surface area contributed by atoms with Gasteiger partial charge in [0.15, 0.2) is 0 Å². The van der Waals surface area contributed by atoms with Crippen molar-refractivity contribution >= 4 is 28.0 Å². The minimum Gasteiger partial charge on any atom is -0.497 e. The number of ether oxygens (including phenoxy) is 1. The largest absolute Gasteiger partial charge is 0.497 e. The molecule has 1 heterocycles. The number of para-hydroxylation sites is 1. The highest BCUT2D eigenvalue weighted by atomic mass is 16.6. The second-order valence-electron chi connectivity index (χ2n) is 4.95. The van der Waals surface area contributed by atoms with Gasteiger partial charge in [-0.15, -0.1) is 0 Å². The van der Waals surface area contributed by atoms with Crippen LogP contribution in [-0.2, 0) is 0 Å². The Hall–Kier alpha value is -3.66. The van der Waals surface area contributed by atoms with E-state index in [1.54, 1.807) is 37.4 Å². The fourth-order valence-electron chi connectivity index (χ4n) is 2.42. The lowest BCUT2D eigenvalue weighted by molar-refractivity contribution is -0.383. The van der Waals surface area contributed by atoms with Crippen LogP contribution in [0.2, 0.25) is 0 Å². The van der Waals surface area contributed by atoms with Gasteiger partial charge in [-0.2, -0.15) is 5.26 Å². The summed E-state index contributed by atoms with van der Waals surface area (Å²) in [5.74, 6) is 0.655. The third-order valence-corrected chi connectivity index (χ3v) is 3.53. The van der Waals surface area contributed by atoms with Gasteiger partial charge in [0.25, 0.3) is 5.69 Å². The van der Waals surface area contributed by atoms with Crippen molar-refractivity contribution in [3.63, 3.8) is 0 Å². The van der Waals surface area contributed by atoms with Crippen LogP contribution in [0.1, 0.15) is 5.56 Å². The van der Waals surface area contributed by atoms with Gasteiger partial charge in [-0.3, -0.25) is 10.1 Å². The van der Waals surface area contributed by atoms with Gasteiger partial charge in [0.1, 0.15) is 17.3 Å². The molecular formula is C17H12N4O3. The molecule has 24 heavy (non-hydrogen) atoms. The maximum absolute atomic E-state index is 11.2. The average Bonchev–Trinajstić information content (AvgIpc) is 2.61. The van der Waals surface area contributed by atoms with Crippen molar-refractivity contribution in [2.75, 3.05) is 12.4 Å². The first kappa shape index (κ1) is 15.2. The number of benzene rings is 2. The third-order valence-electron chi connectivity index (χ3n) is 3.53. The Morgan fingerprint density at radius 3 is 2.79 bits per heavy atom. The predicted molar refractivity (Wildman–Crippen MR) is 89.4 cm³/mol. The number of pyridine rings is 1. The van der Waals surface area contributed by atoms with E-state index in [0.717, 1.165) is 0 Å². The Bertz CT molecular complexity index is 979. The summed E-state index contributed by atoms with van der Waals surface area (Å²) in [6.45, 7) is 0. The van der Waals surface area contributed by atoms with Crippen LogP contribution in [0.25, 0.3) is 10.9 Å². The van der Waals surface area contributed by atoms with Gasteiger partial charge in [-0.25, -0.2) is 4.98 Å². The van der Waals surface area contributed by atoms with Crippen molar-refractivity contribution in [2.24, 2.45) is 0 Å². The number of rotatable bonds is 4. The van der Waals surface area contributed by atoms with Crippen LogP contribution in [0.15, 0.2) is 48.7 Å². The quantitative estimate of drug-likeness (QED) is 0.580. The van der Waals surface area contributed by atoms with Gasteiger partial charge in [-0.05, 0) is 12.1 Å². The van der Waals surface area contributed by atoms with Crippen LogP contribution in [-0.4, -0.2) is 17.0 Å². The van der Waals surface area contributed by atoms with Crippen LogP contribution in [0.4, 0.5) is 17.1 Å². The number of nitro groups is 1. The molecule has 7 heteroatoms. The van der Waals surface area contributed by atoms with Crippen molar-refractivity contribution in [3.05, 3.63) is 64.3 Å². The summed E-state index contributed by atoms with van der Waals surface area (Å²) in [6, 6.07) is 13.9. The molecule has 0 aliphatic heterocycles. The number of anilines is 2. The van der Waals surface area contributed by atoms with Gasteiger partial charge in [0.2, 0.25) is 0 Å². The molecule has 3 aromatic rings. The van der Waals surface area contributed by atoms with Gasteiger partial charge in [0, 0.05) is 29.4 Å². The van der Waals surface area contributed by atoms with Crippen LogP contribution < -0.4 is 10.1 Å². The number of aromatic nitrogens is 1. The minimum atomic E-state index is -0.489. The highest BCUT2D eigenvalue weighted by Crippen LogP contribution is 2.33. The van der Waals surface area contributed by atoms with Crippen molar-refractivity contribution < 1.29 is 9.66 Å². The highest BCUT2D eigenvalue weighted by molar-refractivity contribution is 5.99. The number of nitrogens with one attached hydrogen (secondary N) is 1. The zero-order valence-corrected chi connectivity index (χ0v) is 12.7. The van der Waals surface area contributed by atoms with E-state index >= 15 is 0 Å². The number of fused-ring (bicyclic) bond motifs is 1. The Morgan fingerprint density at radius 1 is 1.29 bits per heavy atom. The summed E-state index contributed by atoms with van der Waals surface area (Å²) in [7, 11) is 1.56. The van der Waals surface area contributed by atoms with E-state index in [1.807, 2.05) is 6.07 Å². The number of non-ortho nitro benzene ring substituents is 1. The van der Waals surface area contributed by atoms with Gasteiger partial charge < -0.3 is 10.1 Å². The first-order chi connectivity index (χ1) is 11.6. The fraction of sp³-hybridized carbons (Fsp3) is 0.0588. The van der Waals surface area contributed by atoms with Crippen molar-refractivity contribution in [2.45, 2.75) is 0 Å². The Labute approximate surface area is 137 Å². The maximum Gasteiger partial charge on any atom is 0.295 e. The summed E-state index contributed by atoms with van der Waals surface area (Å²) in [4.78, 5) is 14.8. The maximum atomic E-state index is 11.2. The molecule has 118 valence electrons. The number of methoxy groups -OCH3 is 1. The zero-order valence-electron chi connectivity index (χ0n) is 12.7. The summed E-state index contributed by atoms with van der Waals surface area (Å²) >= 11 is 0. The fourth-order valence-corrected chi connectivity index (χ4v) is 2.42. The number of nitrogens with zero attached hydrogens (tertiary/aromatic N) is 3. The van der Waals surface area contributed by atoms with Crippen molar-refractivity contribution in [1.29, 1.82) is 5.26 Å². The van der Waals surface area contributed by atoms with Crippen LogP contribution in [0.5, 0.6) is 5.75 Å². The van der Waals surface area contributed by atoms with Crippen molar-refractivity contribution in [3.8, 4) is 11.8 Å². The summed E-state index contributed by atoms with van der Waals surface area (Å²) < 4.78 is 5.18. The molecule has 0 spiro atoms. The molecule has 1 aromatic heterocycles. The van der Waals surface area contributed by atoms with E-state index in [-0.39, 0.29) is 11.2 Å². The first-order valence-corrected chi connectivity index (χ1v) is 7.01. The monoisotopic (exact) mass is 320 g/mol. The molecule has 0 saturated heterocycles. The summed E-state index contributed by atoms with van der Waals surface area (Å²) in [5.41, 5.74) is 1.59. The van der Waals surface area contributed by atoms with Gasteiger partial charge in [0.05, 0.1) is 23.3 Å². The minimum absolute atomic E-state index is 0.106. The Kier molecular flexibility index (Phi) is 3.95. The van der Waals surface area contributed by atoms with Gasteiger partial charge in [-0.1, -0.05) is 18.2 Å². The molecule has 0 bridgehead atoms. The molecule has 0 amide bonds. The topological polar surface area (TPSA) is 101 Å². The molecule has 0 fully saturated rings. The molecule has 0 aliphatic carbocycles. The van der Waals surface area contributed by atoms with Crippen LogP contribution in [0, 0.1) is 21.4 Å². The molecule has 2 aromatic carbocycles. The molecule has 3 rings (SSSR count). The lowest BCUT2D eigenvalue weighted by Gasteiger charge is -2.12. The Morgan fingerprint density at radius 2 is 2.08 bits per heavy atom. The first-order valence-electron chi connectivity index (χ1n) is 7.01. The van der Waals surface area contributed by atoms with E-state index in [9.17, 15) is 15.4 Å². The van der Waals surface area contributed by atoms with E-state index in [4.69, 9.17) is 4.74 Å². The van der Waals surface area contributed by atoms with Crippen molar-refractivity contribution in [1.82, 2.24) is 4.98 Å². The van der Waals surface area contributed by atoms with E-state index in [0.29, 0.717) is 28.1 Å². The highest BCUT2D eigenvalue weighted by Gasteiger charge is 2.17. The number of nitro benzene ring substituents is 1. The SMILES string of the molecule is COc1cccc(Nc2c(C#N)cnc3c([N+](=O)[O-])cccc23)c1. The standard InChI is InChI=1S/C17H12N4O3/c1-24-13-5-2-4-12(8-13)20-16-11(9-18)10-19-17-14(16)6-3-7-15(17)21(22)23/h2-8,10H,1H3,(H,19,20). The van der Waals surface area contributed by atoms with Crippen LogP contribution in [0.3, 0.4) is 0 Å². The predicted octanol–water partition coefficient (Wildman–Crippen LogP) is 3.77. The van der Waals surface area contributed by atoms with Gasteiger partial charge >= 0.3 is 0 Å². The van der Waals surface area contributed by atoms with Crippen LogP contribution >= 0.6 is 0 Å². The number of hydrogen-bond donors (Lipinski definition) is 1. The smallest absolute Gasteiger partial charge is 0.295 e. The Balaban J connectivity index is 2.20. The van der Waals surface area contributed by atoms with E-state index < -0.39 is 4.92 Å². The normalized spacial score (nSPS) is 10.2. The summed E-state index contributed by atoms with van der Waals surface area (Å²) in [6.07, 6.45) is 1.33.